The van der Waals surface area contributed by atoms with Gasteiger partial charge in [0.15, 0.2) is 0 Å². The van der Waals surface area contributed by atoms with E-state index in [1.165, 1.54) is 4.90 Å². The molecule has 182 valence electrons. The summed E-state index contributed by atoms with van der Waals surface area (Å²) >= 11 is 12.3. The van der Waals surface area contributed by atoms with Crippen molar-refractivity contribution in [3.8, 4) is 0 Å². The lowest BCUT2D eigenvalue weighted by molar-refractivity contribution is -0.144. The van der Waals surface area contributed by atoms with Gasteiger partial charge < -0.3 is 15.1 Å². The molecule has 34 heavy (non-hydrogen) atoms. The highest BCUT2D eigenvalue weighted by atomic mass is 35.5. The minimum atomic E-state index is -0.833. The second kappa shape index (κ2) is 11.7. The van der Waals surface area contributed by atoms with Crippen LogP contribution in [0.3, 0.4) is 0 Å². The van der Waals surface area contributed by atoms with Crippen LogP contribution in [0.4, 0.5) is 5.69 Å². The first-order valence-corrected chi connectivity index (χ1v) is 11.9. The van der Waals surface area contributed by atoms with Gasteiger partial charge in [-0.05, 0) is 61.1 Å². The summed E-state index contributed by atoms with van der Waals surface area (Å²) in [5.74, 6) is -0.905. The van der Waals surface area contributed by atoms with Crippen LogP contribution in [0.25, 0.3) is 0 Å². The molecule has 9 heteroatoms. The number of carbonyl (C=O) groups is 3. The van der Waals surface area contributed by atoms with Crippen molar-refractivity contribution in [3.63, 3.8) is 0 Å². The van der Waals surface area contributed by atoms with Crippen LogP contribution >= 0.6 is 23.2 Å². The standard InChI is InChI=1S/C23H24Cl2N2O3.C2H4O2/c24-17-4-1-3-16(11-17)20-9-10-21(29)26(13-15-7-8-15)22(20)23(30)27(14-28)19-6-2-5-18(25)12-19;1-2(3)4/h1-6,11-12,15,20,22,28H,7-10,13-14H2;1H3,(H,3,4)/t20-,22?;/m0./s1. The smallest absolute Gasteiger partial charge is 0.300 e. The monoisotopic (exact) mass is 506 g/mol. The second-order valence-electron chi connectivity index (χ2n) is 8.54. The first-order valence-electron chi connectivity index (χ1n) is 11.1. The number of halogens is 2. The van der Waals surface area contributed by atoms with E-state index in [0.717, 1.165) is 25.3 Å². The number of carbonyl (C=O) groups excluding carboxylic acids is 2. The van der Waals surface area contributed by atoms with Gasteiger partial charge in [0, 0.05) is 41.5 Å². The fourth-order valence-corrected chi connectivity index (χ4v) is 4.60. The number of likely N-dealkylation sites (tertiary alicyclic amines) is 1. The Kier molecular flexibility index (Phi) is 8.94. The lowest BCUT2D eigenvalue weighted by atomic mass is 9.82. The van der Waals surface area contributed by atoms with Crippen molar-refractivity contribution in [3.05, 3.63) is 64.1 Å². The third kappa shape index (κ3) is 6.72. The number of hydrogen-bond donors (Lipinski definition) is 2. The Bertz CT molecular complexity index is 1040. The van der Waals surface area contributed by atoms with E-state index in [1.807, 2.05) is 18.2 Å². The third-order valence-corrected chi connectivity index (χ3v) is 6.39. The van der Waals surface area contributed by atoms with E-state index in [4.69, 9.17) is 33.1 Å². The van der Waals surface area contributed by atoms with E-state index in [-0.39, 0.29) is 17.7 Å². The molecule has 2 aliphatic rings. The van der Waals surface area contributed by atoms with Crippen molar-refractivity contribution in [1.29, 1.82) is 0 Å². The molecule has 1 aliphatic carbocycles. The molecule has 2 aromatic carbocycles. The van der Waals surface area contributed by atoms with Crippen LogP contribution in [0.2, 0.25) is 10.0 Å². The maximum absolute atomic E-state index is 13.8. The number of amides is 2. The van der Waals surface area contributed by atoms with Crippen LogP contribution in [0.5, 0.6) is 0 Å². The van der Waals surface area contributed by atoms with Crippen LogP contribution in [0.1, 0.15) is 44.1 Å². The first-order chi connectivity index (χ1) is 16.2. The number of anilines is 1. The Morgan fingerprint density at radius 2 is 1.68 bits per heavy atom. The Morgan fingerprint density at radius 3 is 2.24 bits per heavy atom. The van der Waals surface area contributed by atoms with Crippen LogP contribution in [0, 0.1) is 5.92 Å². The van der Waals surface area contributed by atoms with E-state index < -0.39 is 18.7 Å². The highest BCUT2D eigenvalue weighted by molar-refractivity contribution is 6.31. The van der Waals surface area contributed by atoms with Crippen LogP contribution in [0.15, 0.2) is 48.5 Å². The largest absolute Gasteiger partial charge is 0.481 e. The molecule has 4 rings (SSSR count). The summed E-state index contributed by atoms with van der Waals surface area (Å²) < 4.78 is 0. The van der Waals surface area contributed by atoms with Gasteiger partial charge in [0.1, 0.15) is 12.8 Å². The number of hydrogen-bond acceptors (Lipinski definition) is 4. The lowest BCUT2D eigenvalue weighted by Gasteiger charge is -2.42. The molecule has 2 fully saturated rings. The van der Waals surface area contributed by atoms with Crippen LogP contribution < -0.4 is 4.90 Å². The molecule has 2 aromatic rings. The van der Waals surface area contributed by atoms with Gasteiger partial charge in [0.05, 0.1) is 0 Å². The summed E-state index contributed by atoms with van der Waals surface area (Å²) in [6.45, 7) is 1.16. The Balaban J connectivity index is 0.000000751. The molecule has 0 aromatic heterocycles. The van der Waals surface area contributed by atoms with Gasteiger partial charge in [-0.3, -0.25) is 19.3 Å². The number of aliphatic hydroxyl groups excluding tert-OH is 1. The number of benzene rings is 2. The normalized spacial score (nSPS) is 19.8. The summed E-state index contributed by atoms with van der Waals surface area (Å²) in [6.07, 6.45) is 3.10. The van der Waals surface area contributed by atoms with Gasteiger partial charge >= 0.3 is 0 Å². The molecule has 2 N–H and O–H groups in total. The topological polar surface area (TPSA) is 98.1 Å². The zero-order chi connectivity index (χ0) is 24.8. The fourth-order valence-electron chi connectivity index (χ4n) is 4.22. The summed E-state index contributed by atoms with van der Waals surface area (Å²) in [5, 5.41) is 18.5. The molecule has 0 bridgehead atoms. The molecule has 0 radical (unpaired) electrons. The van der Waals surface area contributed by atoms with Crippen molar-refractivity contribution in [1.82, 2.24) is 4.90 Å². The van der Waals surface area contributed by atoms with Crippen molar-refractivity contribution in [2.75, 3.05) is 18.2 Å². The predicted octanol–water partition coefficient (Wildman–Crippen LogP) is 4.55. The van der Waals surface area contributed by atoms with Crippen molar-refractivity contribution >= 4 is 46.7 Å². The number of nitrogens with zero attached hydrogens (tertiary/aromatic N) is 2. The Morgan fingerprint density at radius 1 is 1.06 bits per heavy atom. The van der Waals surface area contributed by atoms with Crippen molar-refractivity contribution in [2.24, 2.45) is 5.92 Å². The lowest BCUT2D eigenvalue weighted by Crippen LogP contribution is -2.57. The molecule has 1 saturated carbocycles. The van der Waals surface area contributed by atoms with Crippen molar-refractivity contribution in [2.45, 2.75) is 44.6 Å². The van der Waals surface area contributed by atoms with Crippen LogP contribution in [-0.4, -0.2) is 52.2 Å². The van der Waals surface area contributed by atoms with Crippen LogP contribution in [-0.2, 0) is 14.4 Å². The third-order valence-electron chi connectivity index (χ3n) is 5.92. The van der Waals surface area contributed by atoms with Gasteiger partial charge in [0.25, 0.3) is 11.9 Å². The molecule has 1 saturated heterocycles. The minimum Gasteiger partial charge on any atom is -0.481 e. The molecule has 1 aliphatic heterocycles. The van der Waals surface area contributed by atoms with Crippen molar-refractivity contribution < 1.29 is 24.6 Å². The molecule has 2 atom stereocenters. The molecule has 2 amide bonds. The SMILES string of the molecule is CC(=O)O.O=C(C1[C@H](c2cccc(Cl)c2)CCC(=O)N1CC1CC1)N(CO)c1cccc(Cl)c1. The predicted molar refractivity (Wildman–Crippen MR) is 131 cm³/mol. The Labute approximate surface area is 208 Å². The van der Waals surface area contributed by atoms with E-state index in [9.17, 15) is 14.7 Å². The highest BCUT2D eigenvalue weighted by Gasteiger charge is 2.44. The number of carboxylic acid groups (broad SMARTS) is 1. The quantitative estimate of drug-likeness (QED) is 0.559. The zero-order valence-corrected chi connectivity index (χ0v) is 20.4. The summed E-state index contributed by atoms with van der Waals surface area (Å²) in [4.78, 5) is 38.6. The number of aliphatic carboxylic acids is 1. The van der Waals surface area contributed by atoms with E-state index >= 15 is 0 Å². The highest BCUT2D eigenvalue weighted by Crippen LogP contribution is 2.39. The summed E-state index contributed by atoms with van der Waals surface area (Å²) in [7, 11) is 0. The molecular formula is C25H28Cl2N2O5. The average Bonchev–Trinajstić information content (AvgIpc) is 3.59. The number of rotatable bonds is 6. The molecule has 1 heterocycles. The Hall–Kier alpha value is -2.61. The molecule has 7 nitrogen and oxygen atoms in total. The zero-order valence-electron chi connectivity index (χ0n) is 18.9. The van der Waals surface area contributed by atoms with Gasteiger partial charge in [-0.15, -0.1) is 0 Å². The van der Waals surface area contributed by atoms with Gasteiger partial charge in [-0.1, -0.05) is 41.4 Å². The van der Waals surface area contributed by atoms with E-state index in [1.54, 1.807) is 35.2 Å². The second-order valence-corrected chi connectivity index (χ2v) is 9.41. The number of piperidine rings is 1. The average molecular weight is 507 g/mol. The maximum Gasteiger partial charge on any atom is 0.300 e. The van der Waals surface area contributed by atoms with Gasteiger partial charge in [-0.25, -0.2) is 0 Å². The fraction of sp³-hybridized carbons (Fsp3) is 0.400. The first kappa shape index (κ1) is 26.0. The van der Waals surface area contributed by atoms with E-state index in [2.05, 4.69) is 0 Å². The number of carboxylic acids is 1. The minimum absolute atomic E-state index is 0.0116. The van der Waals surface area contributed by atoms with Gasteiger partial charge in [0.2, 0.25) is 5.91 Å². The van der Waals surface area contributed by atoms with E-state index in [0.29, 0.717) is 41.0 Å². The maximum atomic E-state index is 13.8. The molecular weight excluding hydrogens is 479 g/mol. The summed E-state index contributed by atoms with van der Waals surface area (Å²) in [5.41, 5.74) is 1.43. The van der Waals surface area contributed by atoms with Gasteiger partial charge in [-0.2, -0.15) is 0 Å². The number of aliphatic hydroxyl groups is 1. The molecule has 1 unspecified atom stereocenters. The molecule has 0 spiro atoms. The summed E-state index contributed by atoms with van der Waals surface area (Å²) in [6, 6.07) is 13.6.